The van der Waals surface area contributed by atoms with Crippen LogP contribution in [0.1, 0.15) is 60.8 Å². The molecule has 41 heavy (non-hydrogen) atoms. The lowest BCUT2D eigenvalue weighted by Crippen LogP contribution is -2.42. The van der Waals surface area contributed by atoms with Gasteiger partial charge in [0.15, 0.2) is 0 Å². The molecule has 0 aliphatic rings. The van der Waals surface area contributed by atoms with Crippen molar-refractivity contribution in [3.63, 3.8) is 0 Å². The predicted molar refractivity (Wildman–Crippen MR) is 159 cm³/mol. The van der Waals surface area contributed by atoms with E-state index < -0.39 is 12.0 Å². The number of hydrogen-bond acceptors (Lipinski definition) is 6. The molecule has 3 aromatic carbocycles. The first-order valence-electron chi connectivity index (χ1n) is 14.3. The lowest BCUT2D eigenvalue weighted by Gasteiger charge is -2.12. The third kappa shape index (κ3) is 12.7. The number of unbranched alkanes of at least 4 members (excludes halogenated alkanes) is 3. The minimum Gasteiger partial charge on any atom is -0.508 e. The molecule has 0 heterocycles. The molecule has 8 nitrogen and oxygen atoms in total. The summed E-state index contributed by atoms with van der Waals surface area (Å²) >= 11 is 0. The number of nitrogens with two attached hydrogens (primary N) is 1. The molecular weight excluding hydrogens is 518 g/mol. The lowest BCUT2D eigenvalue weighted by molar-refractivity contribution is -0.158. The first-order chi connectivity index (χ1) is 19.9. The van der Waals surface area contributed by atoms with E-state index >= 15 is 0 Å². The van der Waals surface area contributed by atoms with E-state index in [4.69, 9.17) is 10.6 Å². The maximum absolute atomic E-state index is 12.2. The largest absolute Gasteiger partial charge is 0.508 e. The topological polar surface area (TPSA) is 131 Å². The number of rotatable bonds is 16. The van der Waals surface area contributed by atoms with Gasteiger partial charge in [0, 0.05) is 13.0 Å². The maximum atomic E-state index is 12.2. The van der Waals surface area contributed by atoms with Crippen LogP contribution in [0.15, 0.2) is 78.9 Å². The van der Waals surface area contributed by atoms with Crippen LogP contribution in [-0.4, -0.2) is 35.5 Å². The highest BCUT2D eigenvalue weighted by molar-refractivity contribution is 5.81. The van der Waals surface area contributed by atoms with Crippen LogP contribution in [0.2, 0.25) is 0 Å². The quantitative estimate of drug-likeness (QED) is 0.153. The van der Waals surface area contributed by atoms with Crippen LogP contribution in [0.3, 0.4) is 0 Å². The van der Waals surface area contributed by atoms with E-state index in [-0.39, 0.29) is 30.4 Å². The van der Waals surface area contributed by atoms with Crippen LogP contribution < -0.4 is 16.5 Å². The number of aryl methyl sites for hydroxylation is 2. The van der Waals surface area contributed by atoms with Crippen molar-refractivity contribution in [2.24, 2.45) is 5.73 Å². The van der Waals surface area contributed by atoms with Gasteiger partial charge in [-0.25, -0.2) is 4.79 Å². The second-order valence-corrected chi connectivity index (χ2v) is 10.3. The number of aromatic hydroxyl groups is 1. The zero-order valence-corrected chi connectivity index (χ0v) is 23.5. The molecule has 3 rings (SSSR count). The summed E-state index contributed by atoms with van der Waals surface area (Å²) in [6.07, 6.45) is 7.00. The molecule has 3 aromatic rings. The third-order valence-electron chi connectivity index (χ3n) is 6.78. The Balaban J connectivity index is 1.19. The van der Waals surface area contributed by atoms with E-state index in [1.54, 1.807) is 24.3 Å². The Kier molecular flexibility index (Phi) is 13.4. The lowest BCUT2D eigenvalue weighted by atomic mass is 10.0. The summed E-state index contributed by atoms with van der Waals surface area (Å²) in [4.78, 5) is 41.2. The number of hydrogen-bond donors (Lipinski definition) is 4. The van der Waals surface area contributed by atoms with Crippen molar-refractivity contribution in [2.75, 3.05) is 6.54 Å². The fourth-order valence-corrected chi connectivity index (χ4v) is 4.41. The number of hydroxylamine groups is 1. The monoisotopic (exact) mass is 559 g/mol. The van der Waals surface area contributed by atoms with Crippen LogP contribution in [0, 0.1) is 0 Å². The van der Waals surface area contributed by atoms with Gasteiger partial charge >= 0.3 is 5.97 Å². The van der Waals surface area contributed by atoms with Gasteiger partial charge in [-0.2, -0.15) is 5.48 Å². The van der Waals surface area contributed by atoms with Crippen LogP contribution in [-0.2, 0) is 44.9 Å². The molecule has 8 heteroatoms. The summed E-state index contributed by atoms with van der Waals surface area (Å²) in [6.45, 7) is 0.459. The molecule has 0 aliphatic heterocycles. The molecule has 0 unspecified atom stereocenters. The second-order valence-electron chi connectivity index (χ2n) is 10.3. The van der Waals surface area contributed by atoms with Crippen molar-refractivity contribution >= 4 is 17.8 Å². The zero-order valence-electron chi connectivity index (χ0n) is 23.5. The van der Waals surface area contributed by atoms with Gasteiger partial charge < -0.3 is 21.0 Å². The van der Waals surface area contributed by atoms with Gasteiger partial charge in [0.25, 0.3) is 5.91 Å². The Bertz CT molecular complexity index is 1210. The molecular formula is C33H41N3O5. The molecule has 0 spiro atoms. The Hall–Kier alpha value is -4.17. The van der Waals surface area contributed by atoms with Crippen molar-refractivity contribution in [1.82, 2.24) is 10.8 Å². The number of nitrogens with one attached hydrogen (secondary N) is 2. The fraction of sp³-hybridized carbons (Fsp3) is 0.364. The van der Waals surface area contributed by atoms with E-state index in [9.17, 15) is 19.5 Å². The molecule has 0 saturated carbocycles. The molecule has 0 aliphatic carbocycles. The molecule has 0 aromatic heterocycles. The minimum absolute atomic E-state index is 0.135. The van der Waals surface area contributed by atoms with E-state index in [1.807, 2.05) is 30.3 Å². The smallest absolute Gasteiger partial charge is 0.332 e. The van der Waals surface area contributed by atoms with E-state index in [0.717, 1.165) is 43.2 Å². The SMILES string of the molecule is N[C@@H](Cc1ccc(O)cc1)C(=O)NCCCCCC(=O)ONC(=O)Cc1ccc(CCCCc2ccccc2)cc1. The number of phenolic OH excluding ortho intramolecular Hbond substituents is 1. The number of carbonyl (C=O) groups is 3. The summed E-state index contributed by atoms with van der Waals surface area (Å²) in [6, 6.07) is 24.4. The predicted octanol–water partition coefficient (Wildman–Crippen LogP) is 4.32. The van der Waals surface area contributed by atoms with Gasteiger partial charge in [-0.1, -0.05) is 73.2 Å². The highest BCUT2D eigenvalue weighted by Crippen LogP contribution is 2.12. The van der Waals surface area contributed by atoms with Gasteiger partial charge in [-0.3, -0.25) is 9.59 Å². The standard InChI is InChI=1S/C33H41N3O5/c34-30(23-27-18-20-29(37)21-19-27)33(40)35-22-8-2-5-13-32(39)41-36-31(38)24-28-16-14-26(15-17-28)12-7-6-11-25-9-3-1-4-10-25/h1,3-4,9-10,14-21,30,37H,2,5-8,11-13,22-24,34H2,(H,35,40)(H,36,38)/t30-/m0/s1. The molecule has 218 valence electrons. The maximum Gasteiger partial charge on any atom is 0.332 e. The van der Waals surface area contributed by atoms with Gasteiger partial charge in [-0.15, -0.1) is 0 Å². The minimum atomic E-state index is -0.675. The second kappa shape index (κ2) is 17.5. The molecule has 2 amide bonds. The fourth-order valence-electron chi connectivity index (χ4n) is 4.41. The van der Waals surface area contributed by atoms with Crippen molar-refractivity contribution in [3.05, 3.63) is 101 Å². The summed E-state index contributed by atoms with van der Waals surface area (Å²) in [5.74, 6) is -0.946. The summed E-state index contributed by atoms with van der Waals surface area (Å²) in [7, 11) is 0. The molecule has 0 bridgehead atoms. The van der Waals surface area contributed by atoms with Crippen LogP contribution in [0.25, 0.3) is 0 Å². The normalized spacial score (nSPS) is 11.4. The number of phenols is 1. The molecule has 0 saturated heterocycles. The Labute approximate surface area is 242 Å². The van der Waals surface area contributed by atoms with Crippen LogP contribution in [0.5, 0.6) is 5.75 Å². The molecule has 5 N–H and O–H groups in total. The molecule has 1 atom stereocenters. The van der Waals surface area contributed by atoms with Crippen molar-refractivity contribution in [3.8, 4) is 5.75 Å². The number of benzene rings is 3. The first kappa shape index (κ1) is 31.4. The van der Waals surface area contributed by atoms with Crippen molar-refractivity contribution in [1.29, 1.82) is 0 Å². The third-order valence-corrected chi connectivity index (χ3v) is 6.78. The Morgan fingerprint density at radius 3 is 2.02 bits per heavy atom. The van der Waals surface area contributed by atoms with Gasteiger partial charge in [0.05, 0.1) is 12.5 Å². The van der Waals surface area contributed by atoms with Crippen LogP contribution in [0.4, 0.5) is 0 Å². The highest BCUT2D eigenvalue weighted by atomic mass is 16.7. The van der Waals surface area contributed by atoms with Crippen LogP contribution >= 0.6 is 0 Å². The average molecular weight is 560 g/mol. The van der Waals surface area contributed by atoms with Gasteiger partial charge in [0.1, 0.15) is 5.75 Å². The van der Waals surface area contributed by atoms with Crippen molar-refractivity contribution < 1.29 is 24.3 Å². The summed E-state index contributed by atoms with van der Waals surface area (Å²) < 4.78 is 0. The highest BCUT2D eigenvalue weighted by Gasteiger charge is 2.14. The van der Waals surface area contributed by atoms with Gasteiger partial charge in [0.2, 0.25) is 5.91 Å². The van der Waals surface area contributed by atoms with Gasteiger partial charge in [-0.05, 0) is 79.3 Å². The molecule has 0 radical (unpaired) electrons. The van der Waals surface area contributed by atoms with E-state index in [0.29, 0.717) is 25.8 Å². The Morgan fingerprint density at radius 2 is 1.34 bits per heavy atom. The van der Waals surface area contributed by atoms with E-state index in [1.165, 1.54) is 11.1 Å². The number of amides is 2. The first-order valence-corrected chi connectivity index (χ1v) is 14.3. The average Bonchev–Trinajstić information content (AvgIpc) is 2.98. The molecule has 0 fully saturated rings. The van der Waals surface area contributed by atoms with Crippen molar-refractivity contribution in [2.45, 2.75) is 70.3 Å². The Morgan fingerprint density at radius 1 is 0.732 bits per heavy atom. The van der Waals surface area contributed by atoms with E-state index in [2.05, 4.69) is 35.1 Å². The summed E-state index contributed by atoms with van der Waals surface area (Å²) in [5.41, 5.74) is 12.5. The summed E-state index contributed by atoms with van der Waals surface area (Å²) in [5, 5.41) is 12.1. The number of carbonyl (C=O) groups excluding carboxylic acids is 3. The zero-order chi connectivity index (χ0) is 29.3.